The molecule has 36 heavy (non-hydrogen) atoms. The highest BCUT2D eigenvalue weighted by atomic mass is 32.2. The maximum Gasteiger partial charge on any atom is 0.406 e. The molecule has 2 aromatic carbocycles. The summed E-state index contributed by atoms with van der Waals surface area (Å²) in [6, 6.07) is 10.5. The lowest BCUT2D eigenvalue weighted by atomic mass is 10.1. The molecule has 0 bridgehead atoms. The summed E-state index contributed by atoms with van der Waals surface area (Å²) in [5, 5.41) is 6.79. The molecule has 0 aliphatic carbocycles. The van der Waals surface area contributed by atoms with Gasteiger partial charge in [-0.2, -0.15) is 13.2 Å². The molecule has 11 heteroatoms. The highest BCUT2D eigenvalue weighted by Crippen LogP contribution is 2.31. The largest absolute Gasteiger partial charge is 0.495 e. The van der Waals surface area contributed by atoms with E-state index in [4.69, 9.17) is 4.74 Å². The molecule has 6 nitrogen and oxygen atoms in total. The van der Waals surface area contributed by atoms with Gasteiger partial charge in [-0.3, -0.25) is 0 Å². The zero-order valence-corrected chi connectivity index (χ0v) is 20.3. The van der Waals surface area contributed by atoms with Gasteiger partial charge in [0.25, 0.3) is 0 Å². The van der Waals surface area contributed by atoms with E-state index in [1.165, 1.54) is 25.3 Å². The van der Waals surface area contributed by atoms with E-state index in [1.54, 1.807) is 24.3 Å². The van der Waals surface area contributed by atoms with Gasteiger partial charge >= 0.3 is 6.18 Å². The first-order valence-electron chi connectivity index (χ1n) is 11.3. The Labute approximate surface area is 206 Å². The number of hydrogen-bond acceptors (Lipinski definition) is 5. The van der Waals surface area contributed by atoms with Crippen LogP contribution in [0.2, 0.25) is 0 Å². The van der Waals surface area contributed by atoms with Crippen molar-refractivity contribution < 1.29 is 30.7 Å². The van der Waals surface area contributed by atoms with Crippen LogP contribution in [0.4, 0.5) is 28.9 Å². The second-order valence-corrected chi connectivity index (χ2v) is 10.8. The molecule has 1 saturated heterocycles. The van der Waals surface area contributed by atoms with Crippen LogP contribution in [0, 0.1) is 17.7 Å². The summed E-state index contributed by atoms with van der Waals surface area (Å²) in [6.07, 6.45) is -3.59. The number of ether oxygens (including phenoxy) is 1. The molecule has 4 rings (SSSR count). The normalized spacial score (nSPS) is 15.8. The van der Waals surface area contributed by atoms with E-state index >= 15 is 0 Å². The van der Waals surface area contributed by atoms with Crippen LogP contribution in [0.15, 0.2) is 42.5 Å². The minimum atomic E-state index is -4.46. The van der Waals surface area contributed by atoms with Crippen molar-refractivity contribution in [3.05, 3.63) is 54.0 Å². The molecule has 0 atom stereocenters. The molecule has 3 aromatic rings. The summed E-state index contributed by atoms with van der Waals surface area (Å²) in [7, 11) is -1.59. The van der Waals surface area contributed by atoms with E-state index in [1.807, 2.05) is 0 Å². The molecule has 0 saturated carbocycles. The second-order valence-electron chi connectivity index (χ2n) is 8.54. The zero-order chi connectivity index (χ0) is 25.9. The Hall–Kier alpha value is -3.39. The fraction of sp³-hybridized carbons (Fsp3) is 0.360. The first kappa shape index (κ1) is 25.7. The molecule has 0 spiro atoms. The van der Waals surface area contributed by atoms with Gasteiger partial charge in [0, 0.05) is 23.2 Å². The van der Waals surface area contributed by atoms with Crippen molar-refractivity contribution in [3.63, 3.8) is 0 Å². The van der Waals surface area contributed by atoms with Gasteiger partial charge < -0.3 is 19.9 Å². The van der Waals surface area contributed by atoms with Crippen LogP contribution in [0.3, 0.4) is 0 Å². The Morgan fingerprint density at radius 3 is 2.56 bits per heavy atom. The van der Waals surface area contributed by atoms with Gasteiger partial charge in [0.2, 0.25) is 0 Å². The summed E-state index contributed by atoms with van der Waals surface area (Å²) in [5.74, 6) is 5.71. The first-order valence-corrected chi connectivity index (χ1v) is 13.1. The van der Waals surface area contributed by atoms with Crippen LogP contribution in [0.5, 0.6) is 5.75 Å². The molecular formula is C25H25F4N3O3S. The molecule has 192 valence electrons. The average Bonchev–Trinajstić information content (AvgIpc) is 3.15. The van der Waals surface area contributed by atoms with Gasteiger partial charge in [-0.1, -0.05) is 12.0 Å². The summed E-state index contributed by atoms with van der Waals surface area (Å²) in [4.78, 5) is 0. The third kappa shape index (κ3) is 6.23. The molecule has 0 unspecified atom stereocenters. The Morgan fingerprint density at radius 2 is 1.86 bits per heavy atom. The highest BCUT2D eigenvalue weighted by molar-refractivity contribution is 7.91. The first-order chi connectivity index (χ1) is 17.0. The molecule has 1 aliphatic rings. The number of nitrogens with one attached hydrogen (secondary N) is 2. The Kier molecular flexibility index (Phi) is 7.36. The van der Waals surface area contributed by atoms with E-state index in [-0.39, 0.29) is 29.8 Å². The number of rotatable bonds is 6. The van der Waals surface area contributed by atoms with Crippen LogP contribution >= 0.6 is 0 Å². The number of alkyl halides is 3. The van der Waals surface area contributed by atoms with Gasteiger partial charge in [0.15, 0.2) is 0 Å². The predicted molar refractivity (Wildman–Crippen MR) is 132 cm³/mol. The third-order valence-electron chi connectivity index (χ3n) is 5.94. The van der Waals surface area contributed by atoms with Crippen LogP contribution in [0.25, 0.3) is 10.9 Å². The van der Waals surface area contributed by atoms with Crippen LogP contribution < -0.4 is 15.4 Å². The van der Waals surface area contributed by atoms with E-state index in [9.17, 15) is 26.0 Å². The number of hydrogen-bond donors (Lipinski definition) is 2. The topological polar surface area (TPSA) is 72.4 Å². The Morgan fingerprint density at radius 1 is 1.11 bits per heavy atom. The van der Waals surface area contributed by atoms with Crippen molar-refractivity contribution in [1.29, 1.82) is 0 Å². The zero-order valence-electron chi connectivity index (χ0n) is 19.5. The van der Waals surface area contributed by atoms with Crippen LogP contribution in [-0.4, -0.2) is 50.4 Å². The van der Waals surface area contributed by atoms with Crippen LogP contribution in [0.1, 0.15) is 18.5 Å². The number of fused-ring (bicyclic) bond motifs is 1. The van der Waals surface area contributed by atoms with Crippen LogP contribution in [-0.2, 0) is 16.4 Å². The molecular weight excluding hydrogens is 498 g/mol. The van der Waals surface area contributed by atoms with E-state index in [0.29, 0.717) is 40.9 Å². The van der Waals surface area contributed by atoms with E-state index < -0.39 is 28.4 Å². The smallest absolute Gasteiger partial charge is 0.406 e. The number of sulfone groups is 1. The van der Waals surface area contributed by atoms with Gasteiger partial charge in [-0.25, -0.2) is 12.8 Å². The van der Waals surface area contributed by atoms with Crippen molar-refractivity contribution in [2.24, 2.45) is 0 Å². The fourth-order valence-electron chi connectivity index (χ4n) is 4.21. The number of benzene rings is 2. The van der Waals surface area contributed by atoms with Crippen molar-refractivity contribution in [1.82, 2.24) is 4.57 Å². The fourth-order valence-corrected chi connectivity index (χ4v) is 5.70. The Balaban J connectivity index is 1.61. The molecule has 1 aromatic heterocycles. The lowest BCUT2D eigenvalue weighted by molar-refractivity contribution is -0.140. The van der Waals surface area contributed by atoms with Gasteiger partial charge in [-0.05, 0) is 49.1 Å². The minimum Gasteiger partial charge on any atom is -0.495 e. The predicted octanol–water partition coefficient (Wildman–Crippen LogP) is 4.80. The number of aromatic nitrogens is 1. The number of halogens is 4. The number of anilines is 2. The SMILES string of the molecule is COc1ccc(F)cc1NCC#Cc1cc2c(NC3CCS(=O)(=O)CC3)cccc2n1CC(F)(F)F. The van der Waals surface area contributed by atoms with Gasteiger partial charge in [0.1, 0.15) is 27.9 Å². The van der Waals surface area contributed by atoms with Gasteiger partial charge in [-0.15, -0.1) is 0 Å². The van der Waals surface area contributed by atoms with E-state index in [2.05, 4.69) is 22.5 Å². The lowest BCUT2D eigenvalue weighted by Crippen LogP contribution is -2.32. The summed E-state index contributed by atoms with van der Waals surface area (Å²) < 4.78 is 83.5. The third-order valence-corrected chi connectivity index (χ3v) is 7.66. The average molecular weight is 524 g/mol. The van der Waals surface area contributed by atoms with E-state index in [0.717, 1.165) is 4.57 Å². The molecule has 0 radical (unpaired) electrons. The summed E-state index contributed by atoms with van der Waals surface area (Å²) in [5.41, 5.74) is 1.55. The maximum absolute atomic E-state index is 13.6. The Bertz CT molecular complexity index is 1410. The number of methoxy groups -OCH3 is 1. The summed E-state index contributed by atoms with van der Waals surface area (Å²) in [6.45, 7) is -1.16. The monoisotopic (exact) mass is 523 g/mol. The molecule has 1 fully saturated rings. The summed E-state index contributed by atoms with van der Waals surface area (Å²) >= 11 is 0. The van der Waals surface area contributed by atoms with Crippen molar-refractivity contribution >= 4 is 32.1 Å². The molecule has 0 amide bonds. The minimum absolute atomic E-state index is 0.0506. The quantitative estimate of drug-likeness (QED) is 0.359. The maximum atomic E-state index is 13.6. The van der Waals surface area contributed by atoms with Crippen molar-refractivity contribution in [3.8, 4) is 17.6 Å². The number of nitrogens with zero attached hydrogens (tertiary/aromatic N) is 1. The van der Waals surface area contributed by atoms with Crippen molar-refractivity contribution in [2.45, 2.75) is 31.6 Å². The van der Waals surface area contributed by atoms with Gasteiger partial charge in [0.05, 0.1) is 42.1 Å². The second kappa shape index (κ2) is 10.3. The highest BCUT2D eigenvalue weighted by Gasteiger charge is 2.30. The van der Waals surface area contributed by atoms with Crippen molar-refractivity contribution in [2.75, 3.05) is 35.8 Å². The molecule has 2 heterocycles. The molecule has 2 N–H and O–H groups in total. The standard InChI is InChI=1S/C25H25F4N3O3S/c1-35-24-8-7-17(26)14-22(24)30-11-3-4-19-15-20-21(31-18-9-12-36(33,34)13-10-18)5-2-6-23(20)32(19)16-25(27,28)29/h2,5-8,14-15,18,30-31H,9-13,16H2,1H3. The molecule has 1 aliphatic heterocycles. The lowest BCUT2D eigenvalue weighted by Gasteiger charge is -2.24.